The Morgan fingerprint density at radius 3 is 2.86 bits per heavy atom. The largest absolute Gasteiger partial charge is 0.491 e. The molecule has 0 amide bonds. The van der Waals surface area contributed by atoms with Crippen LogP contribution in [0.25, 0.3) is 0 Å². The molecule has 1 atom stereocenters. The summed E-state index contributed by atoms with van der Waals surface area (Å²) in [5.74, 6) is -1.44. The van der Waals surface area contributed by atoms with E-state index in [9.17, 15) is 13.9 Å². The molecule has 0 aliphatic rings. The predicted octanol–water partition coefficient (Wildman–Crippen LogP) is 2.26. The number of nitrogens with zero attached hydrogens (tertiary/aromatic N) is 2. The average Bonchev–Trinajstić information content (AvgIpc) is 2.47. The minimum atomic E-state index is -1.01. The summed E-state index contributed by atoms with van der Waals surface area (Å²) < 4.78 is 30.8. The van der Waals surface area contributed by atoms with E-state index in [0.717, 1.165) is 12.1 Å². The number of aliphatic hydroxyl groups excluding tert-OH is 1. The second-order valence-corrected chi connectivity index (χ2v) is 4.55. The van der Waals surface area contributed by atoms with Gasteiger partial charge in [-0.1, -0.05) is 11.6 Å². The number of rotatable bonds is 6. The molecule has 21 heavy (non-hydrogen) atoms. The summed E-state index contributed by atoms with van der Waals surface area (Å²) in [5.41, 5.74) is 0. The fraction of sp³-hybridized carbons (Fsp3) is 0.231. The maximum Gasteiger partial charge on any atom is 0.162 e. The van der Waals surface area contributed by atoms with Crippen molar-refractivity contribution in [1.29, 1.82) is 0 Å². The zero-order valence-electron chi connectivity index (χ0n) is 10.8. The highest BCUT2D eigenvalue weighted by Crippen LogP contribution is 2.17. The molecule has 112 valence electrons. The molecule has 2 aromatic rings. The molecule has 0 aliphatic carbocycles. The molecule has 8 heteroatoms. The van der Waals surface area contributed by atoms with Crippen LogP contribution in [-0.2, 0) is 0 Å². The van der Waals surface area contributed by atoms with E-state index in [4.69, 9.17) is 16.3 Å². The first-order valence-electron chi connectivity index (χ1n) is 6.01. The van der Waals surface area contributed by atoms with Crippen molar-refractivity contribution >= 4 is 17.4 Å². The van der Waals surface area contributed by atoms with E-state index in [-0.39, 0.29) is 18.9 Å². The van der Waals surface area contributed by atoms with E-state index < -0.39 is 17.7 Å². The van der Waals surface area contributed by atoms with E-state index >= 15 is 0 Å². The molecule has 0 radical (unpaired) electrons. The first-order valence-corrected chi connectivity index (χ1v) is 6.39. The lowest BCUT2D eigenvalue weighted by Gasteiger charge is -2.14. The van der Waals surface area contributed by atoms with Crippen molar-refractivity contribution < 1.29 is 18.6 Å². The third kappa shape index (κ3) is 4.51. The third-order valence-corrected chi connectivity index (χ3v) is 2.78. The Bertz CT molecular complexity index is 616. The van der Waals surface area contributed by atoms with E-state index in [0.29, 0.717) is 10.8 Å². The van der Waals surface area contributed by atoms with Crippen LogP contribution in [0.5, 0.6) is 5.75 Å². The lowest BCUT2D eigenvalue weighted by molar-refractivity contribution is 0.117. The van der Waals surface area contributed by atoms with Crippen molar-refractivity contribution in [2.75, 3.05) is 18.5 Å². The minimum Gasteiger partial charge on any atom is -0.491 e. The van der Waals surface area contributed by atoms with Crippen LogP contribution >= 0.6 is 11.6 Å². The molecule has 0 bridgehead atoms. The number of hydrogen-bond acceptors (Lipinski definition) is 5. The number of benzene rings is 1. The molecule has 0 aliphatic heterocycles. The summed E-state index contributed by atoms with van der Waals surface area (Å²) in [6.07, 6.45) is 1.85. The highest BCUT2D eigenvalue weighted by Gasteiger charge is 2.09. The number of aromatic nitrogens is 2. The molecule has 0 spiro atoms. The zero-order valence-corrected chi connectivity index (χ0v) is 11.5. The van der Waals surface area contributed by atoms with E-state index in [2.05, 4.69) is 15.3 Å². The highest BCUT2D eigenvalue weighted by molar-refractivity contribution is 6.32. The van der Waals surface area contributed by atoms with Gasteiger partial charge in [-0.25, -0.2) is 18.7 Å². The number of ether oxygens (including phenoxy) is 1. The number of halogens is 3. The summed E-state index contributed by atoms with van der Waals surface area (Å²) in [5, 5.41) is 12.9. The van der Waals surface area contributed by atoms with Crippen molar-refractivity contribution in [3.63, 3.8) is 0 Å². The van der Waals surface area contributed by atoms with Gasteiger partial charge in [-0.3, -0.25) is 0 Å². The van der Waals surface area contributed by atoms with Crippen LogP contribution in [0.4, 0.5) is 14.6 Å². The summed E-state index contributed by atoms with van der Waals surface area (Å²) >= 11 is 5.84. The Morgan fingerprint density at radius 1 is 1.33 bits per heavy atom. The Balaban J connectivity index is 1.81. The van der Waals surface area contributed by atoms with Crippen LogP contribution in [0.1, 0.15) is 0 Å². The first-order chi connectivity index (χ1) is 10.1. The van der Waals surface area contributed by atoms with Gasteiger partial charge in [-0.05, 0) is 12.1 Å². The van der Waals surface area contributed by atoms with Gasteiger partial charge in [-0.2, -0.15) is 0 Å². The fourth-order valence-electron chi connectivity index (χ4n) is 1.48. The minimum absolute atomic E-state index is 0.0965. The van der Waals surface area contributed by atoms with Crippen molar-refractivity contribution in [3.8, 4) is 5.75 Å². The molecule has 0 saturated heterocycles. The van der Waals surface area contributed by atoms with Crippen LogP contribution in [-0.4, -0.2) is 34.3 Å². The smallest absolute Gasteiger partial charge is 0.162 e. The van der Waals surface area contributed by atoms with Crippen LogP contribution in [0.2, 0.25) is 5.02 Å². The molecule has 1 heterocycles. The maximum atomic E-state index is 13.0. The van der Waals surface area contributed by atoms with E-state index in [1.54, 1.807) is 0 Å². The van der Waals surface area contributed by atoms with Gasteiger partial charge in [0.1, 0.15) is 35.6 Å². The molecule has 1 aromatic heterocycles. The second kappa shape index (κ2) is 7.14. The average molecular weight is 316 g/mol. The lowest BCUT2D eigenvalue weighted by atomic mass is 10.3. The Morgan fingerprint density at radius 2 is 2.14 bits per heavy atom. The molecule has 2 N–H and O–H groups in total. The second-order valence-electron chi connectivity index (χ2n) is 4.14. The lowest BCUT2D eigenvalue weighted by Crippen LogP contribution is -2.26. The third-order valence-electron chi connectivity index (χ3n) is 2.51. The van der Waals surface area contributed by atoms with Crippen molar-refractivity contribution in [2.24, 2.45) is 0 Å². The SMILES string of the molecule is OC(CNc1ncncc1Cl)COc1ccc(F)c(F)c1. The molecule has 0 saturated carbocycles. The predicted molar refractivity (Wildman–Crippen MR) is 73.4 cm³/mol. The Labute approximate surface area is 124 Å². The zero-order chi connectivity index (χ0) is 15.2. The van der Waals surface area contributed by atoms with E-state index in [1.165, 1.54) is 18.6 Å². The fourth-order valence-corrected chi connectivity index (χ4v) is 1.65. The molecule has 1 unspecified atom stereocenters. The highest BCUT2D eigenvalue weighted by atomic mass is 35.5. The summed E-state index contributed by atoms with van der Waals surface area (Å²) in [7, 11) is 0. The van der Waals surface area contributed by atoms with E-state index in [1.807, 2.05) is 0 Å². The monoisotopic (exact) mass is 315 g/mol. The molecule has 1 aromatic carbocycles. The molecule has 0 fully saturated rings. The summed E-state index contributed by atoms with van der Waals surface area (Å²) in [6.45, 7) is 0.0290. The van der Waals surface area contributed by atoms with Crippen molar-refractivity contribution in [2.45, 2.75) is 6.10 Å². The van der Waals surface area contributed by atoms with Gasteiger partial charge < -0.3 is 15.2 Å². The van der Waals surface area contributed by atoms with Crippen LogP contribution in [0, 0.1) is 11.6 Å². The van der Waals surface area contributed by atoms with Gasteiger partial charge in [0, 0.05) is 12.6 Å². The topological polar surface area (TPSA) is 67.3 Å². The quantitative estimate of drug-likeness (QED) is 0.856. The van der Waals surface area contributed by atoms with Gasteiger partial charge in [0.05, 0.1) is 6.20 Å². The van der Waals surface area contributed by atoms with Crippen molar-refractivity contribution in [1.82, 2.24) is 9.97 Å². The molecular weight excluding hydrogens is 304 g/mol. The molecular formula is C13H12ClF2N3O2. The standard InChI is InChI=1S/C13H12ClF2N3O2/c14-10-5-17-7-19-13(10)18-4-8(20)6-21-9-1-2-11(15)12(16)3-9/h1-3,5,7-8,20H,4,6H2,(H,17,18,19). The number of nitrogens with one attached hydrogen (secondary N) is 1. The number of aliphatic hydroxyl groups is 1. The normalized spacial score (nSPS) is 12.0. The Hall–Kier alpha value is -1.99. The van der Waals surface area contributed by atoms with Crippen LogP contribution < -0.4 is 10.1 Å². The van der Waals surface area contributed by atoms with Crippen LogP contribution in [0.15, 0.2) is 30.7 Å². The first kappa shape index (κ1) is 15.4. The van der Waals surface area contributed by atoms with Crippen molar-refractivity contribution in [3.05, 3.63) is 47.4 Å². The van der Waals surface area contributed by atoms with Crippen LogP contribution in [0.3, 0.4) is 0 Å². The number of anilines is 1. The number of hydrogen-bond donors (Lipinski definition) is 2. The van der Waals surface area contributed by atoms with Gasteiger partial charge in [0.2, 0.25) is 0 Å². The summed E-state index contributed by atoms with van der Waals surface area (Å²) in [6, 6.07) is 3.15. The molecule has 5 nitrogen and oxygen atoms in total. The maximum absolute atomic E-state index is 13.0. The van der Waals surface area contributed by atoms with Gasteiger partial charge in [0.15, 0.2) is 11.6 Å². The molecule has 2 rings (SSSR count). The van der Waals surface area contributed by atoms with Gasteiger partial charge >= 0.3 is 0 Å². The van der Waals surface area contributed by atoms with Gasteiger partial charge in [0.25, 0.3) is 0 Å². The summed E-state index contributed by atoms with van der Waals surface area (Å²) in [4.78, 5) is 7.62. The Kier molecular flexibility index (Phi) is 5.24. The van der Waals surface area contributed by atoms with Gasteiger partial charge in [-0.15, -0.1) is 0 Å².